The van der Waals surface area contributed by atoms with Crippen LogP contribution in [0.4, 0.5) is 8.78 Å². The van der Waals surface area contributed by atoms with E-state index in [0.29, 0.717) is 29.9 Å². The first-order valence-electron chi connectivity index (χ1n) is 9.89. The molecule has 158 valence electrons. The van der Waals surface area contributed by atoms with Crippen LogP contribution in [-0.2, 0) is 6.54 Å². The van der Waals surface area contributed by atoms with Crippen LogP contribution in [-0.4, -0.2) is 19.9 Å². The molecule has 0 fully saturated rings. The van der Waals surface area contributed by atoms with Crippen molar-refractivity contribution in [2.45, 2.75) is 19.9 Å². The second kappa shape index (κ2) is 8.14. The fourth-order valence-electron chi connectivity index (χ4n) is 3.79. The van der Waals surface area contributed by atoms with Crippen LogP contribution in [0.3, 0.4) is 0 Å². The number of phenols is 3. The molecule has 0 aliphatic carbocycles. The van der Waals surface area contributed by atoms with E-state index in [0.717, 1.165) is 17.7 Å². The maximum absolute atomic E-state index is 14.9. The van der Waals surface area contributed by atoms with E-state index >= 15 is 0 Å². The summed E-state index contributed by atoms with van der Waals surface area (Å²) in [4.78, 5) is 0. The van der Waals surface area contributed by atoms with Crippen LogP contribution >= 0.6 is 0 Å². The molecule has 1 aromatic heterocycles. The van der Waals surface area contributed by atoms with Gasteiger partial charge in [-0.15, -0.1) is 0 Å². The quantitative estimate of drug-likeness (QED) is 0.355. The molecule has 0 radical (unpaired) electrons. The molecule has 0 amide bonds. The van der Waals surface area contributed by atoms with Gasteiger partial charge in [0.05, 0.1) is 11.4 Å². The second-order valence-electron chi connectivity index (χ2n) is 7.32. The number of halogens is 2. The topological polar surface area (TPSA) is 65.6 Å². The first kappa shape index (κ1) is 20.5. The molecule has 0 unspecified atom stereocenters. The molecule has 31 heavy (non-hydrogen) atoms. The molecule has 4 nitrogen and oxygen atoms in total. The Balaban J connectivity index is 2.06. The highest BCUT2D eigenvalue weighted by molar-refractivity contribution is 5.87. The fraction of sp³-hybridized carbons (Fsp3) is 0.120. The number of hydrogen-bond donors (Lipinski definition) is 3. The molecule has 6 heteroatoms. The number of rotatable bonds is 5. The molecule has 0 aliphatic rings. The van der Waals surface area contributed by atoms with Crippen molar-refractivity contribution in [1.82, 2.24) is 4.57 Å². The Kier molecular flexibility index (Phi) is 5.38. The molecule has 0 saturated carbocycles. The van der Waals surface area contributed by atoms with Crippen LogP contribution in [0.25, 0.3) is 33.6 Å². The highest BCUT2D eigenvalue weighted by Crippen LogP contribution is 2.42. The summed E-state index contributed by atoms with van der Waals surface area (Å²) in [5.41, 5.74) is 2.98. The maximum Gasteiger partial charge on any atom is 0.136 e. The summed E-state index contributed by atoms with van der Waals surface area (Å²) in [6.45, 7) is 2.46. The third kappa shape index (κ3) is 3.84. The first-order chi connectivity index (χ1) is 14.9. The average Bonchev–Trinajstić information content (AvgIpc) is 3.08. The Labute approximate surface area is 178 Å². The van der Waals surface area contributed by atoms with Crippen molar-refractivity contribution >= 4 is 0 Å². The SMILES string of the molecule is CCCn1c(-c2ccc(O)cc2F)cc(-c2ccc(O)cc2)c1-c1ccc(O)cc1F. The Morgan fingerprint density at radius 1 is 0.677 bits per heavy atom. The van der Waals surface area contributed by atoms with Gasteiger partial charge in [0.1, 0.15) is 28.9 Å². The van der Waals surface area contributed by atoms with E-state index in [1.54, 1.807) is 18.2 Å². The number of hydrogen-bond acceptors (Lipinski definition) is 3. The van der Waals surface area contributed by atoms with Gasteiger partial charge in [-0.2, -0.15) is 0 Å². The Bertz CT molecular complexity index is 1250. The van der Waals surface area contributed by atoms with Gasteiger partial charge in [0.15, 0.2) is 0 Å². The standard InChI is InChI=1S/C25H21F2NO3/c1-2-11-28-24(19-9-7-17(30)12-22(19)26)14-21(15-3-5-16(29)6-4-15)25(28)20-10-8-18(31)13-23(20)27/h3-10,12-14,29-31H,2,11H2,1H3. The van der Waals surface area contributed by atoms with E-state index in [2.05, 4.69) is 0 Å². The van der Waals surface area contributed by atoms with Crippen molar-refractivity contribution in [3.05, 3.63) is 78.4 Å². The van der Waals surface area contributed by atoms with Crippen LogP contribution in [0, 0.1) is 11.6 Å². The summed E-state index contributed by atoms with van der Waals surface area (Å²) in [5, 5.41) is 29.0. The molecule has 3 N–H and O–H groups in total. The van der Waals surface area contributed by atoms with E-state index in [-0.39, 0.29) is 28.4 Å². The highest BCUT2D eigenvalue weighted by Gasteiger charge is 2.23. The Hall–Kier alpha value is -3.80. The van der Waals surface area contributed by atoms with Gasteiger partial charge in [0.25, 0.3) is 0 Å². The van der Waals surface area contributed by atoms with Gasteiger partial charge in [0.2, 0.25) is 0 Å². The van der Waals surface area contributed by atoms with Gasteiger partial charge in [-0.25, -0.2) is 8.78 Å². The Morgan fingerprint density at radius 3 is 1.77 bits per heavy atom. The minimum Gasteiger partial charge on any atom is -0.508 e. The summed E-state index contributed by atoms with van der Waals surface area (Å²) in [5.74, 6) is -1.47. The van der Waals surface area contributed by atoms with Crippen LogP contribution in [0.1, 0.15) is 13.3 Å². The van der Waals surface area contributed by atoms with Crippen LogP contribution in [0.2, 0.25) is 0 Å². The molecule has 0 aliphatic heterocycles. The molecule has 4 aromatic rings. The summed E-state index contributed by atoms with van der Waals surface area (Å²) < 4.78 is 31.6. The molecule has 0 spiro atoms. The van der Waals surface area contributed by atoms with Crippen molar-refractivity contribution in [3.63, 3.8) is 0 Å². The molecule has 0 saturated heterocycles. The molecule has 0 bridgehead atoms. The maximum atomic E-state index is 14.9. The van der Waals surface area contributed by atoms with E-state index in [1.165, 1.54) is 36.4 Å². The van der Waals surface area contributed by atoms with E-state index in [4.69, 9.17) is 0 Å². The summed E-state index contributed by atoms with van der Waals surface area (Å²) in [6, 6.07) is 16.1. The van der Waals surface area contributed by atoms with Gasteiger partial charge in [-0.3, -0.25) is 0 Å². The van der Waals surface area contributed by atoms with Crippen LogP contribution in [0.15, 0.2) is 66.7 Å². The van der Waals surface area contributed by atoms with E-state index < -0.39 is 11.6 Å². The zero-order chi connectivity index (χ0) is 22.1. The molecule has 4 rings (SSSR count). The van der Waals surface area contributed by atoms with Gasteiger partial charge < -0.3 is 19.9 Å². The second-order valence-corrected chi connectivity index (χ2v) is 7.32. The van der Waals surface area contributed by atoms with Crippen LogP contribution < -0.4 is 0 Å². The van der Waals surface area contributed by atoms with Crippen molar-refractivity contribution in [1.29, 1.82) is 0 Å². The van der Waals surface area contributed by atoms with Gasteiger partial charge in [-0.1, -0.05) is 19.1 Å². The fourth-order valence-corrected chi connectivity index (χ4v) is 3.79. The minimum absolute atomic E-state index is 0.0962. The molecule has 3 aromatic carbocycles. The predicted octanol–water partition coefficient (Wildman–Crippen LogP) is 6.29. The zero-order valence-electron chi connectivity index (χ0n) is 16.8. The lowest BCUT2D eigenvalue weighted by molar-refractivity contribution is 0.469. The van der Waals surface area contributed by atoms with Gasteiger partial charge in [-0.05, 0) is 54.4 Å². The number of benzene rings is 3. The summed E-state index contributed by atoms with van der Waals surface area (Å²) >= 11 is 0. The van der Waals surface area contributed by atoms with Crippen molar-refractivity contribution in [2.75, 3.05) is 0 Å². The summed E-state index contributed by atoms with van der Waals surface area (Å²) in [6.07, 6.45) is 0.711. The van der Waals surface area contributed by atoms with E-state index in [9.17, 15) is 24.1 Å². The van der Waals surface area contributed by atoms with Crippen molar-refractivity contribution in [3.8, 4) is 50.9 Å². The van der Waals surface area contributed by atoms with Gasteiger partial charge >= 0.3 is 0 Å². The molecule has 0 atom stereocenters. The lowest BCUT2D eigenvalue weighted by Crippen LogP contribution is -2.04. The van der Waals surface area contributed by atoms with Crippen molar-refractivity contribution in [2.24, 2.45) is 0 Å². The lowest BCUT2D eigenvalue weighted by Gasteiger charge is -2.15. The first-order valence-corrected chi connectivity index (χ1v) is 9.89. The normalized spacial score (nSPS) is 11.1. The third-order valence-corrected chi connectivity index (χ3v) is 5.16. The van der Waals surface area contributed by atoms with Crippen LogP contribution in [0.5, 0.6) is 17.2 Å². The lowest BCUT2D eigenvalue weighted by atomic mass is 10.00. The monoisotopic (exact) mass is 421 g/mol. The van der Waals surface area contributed by atoms with Crippen molar-refractivity contribution < 1.29 is 24.1 Å². The highest BCUT2D eigenvalue weighted by atomic mass is 19.1. The number of aromatic nitrogens is 1. The summed E-state index contributed by atoms with van der Waals surface area (Å²) in [7, 11) is 0. The predicted molar refractivity (Wildman–Crippen MR) is 116 cm³/mol. The smallest absolute Gasteiger partial charge is 0.136 e. The minimum atomic E-state index is -0.604. The van der Waals surface area contributed by atoms with Gasteiger partial charge in [0, 0.05) is 35.4 Å². The number of phenolic OH excluding ortho intramolecular Hbond substituents is 3. The average molecular weight is 421 g/mol. The third-order valence-electron chi connectivity index (χ3n) is 5.16. The molecular weight excluding hydrogens is 400 g/mol. The number of nitrogens with zero attached hydrogens (tertiary/aromatic N) is 1. The molecule has 1 heterocycles. The Morgan fingerprint density at radius 2 is 1.23 bits per heavy atom. The largest absolute Gasteiger partial charge is 0.508 e. The van der Waals surface area contributed by atoms with E-state index in [1.807, 2.05) is 11.5 Å². The molecular formula is C25H21F2NO3. The zero-order valence-corrected chi connectivity index (χ0v) is 16.8. The number of aromatic hydroxyl groups is 3.